The third-order valence-electron chi connectivity index (χ3n) is 4.53. The number of carbonyl (C=O) groups is 2. The lowest BCUT2D eigenvalue weighted by Gasteiger charge is -2.18. The smallest absolute Gasteiger partial charge is 0.343 e. The Bertz CT molecular complexity index is 799. The van der Waals surface area contributed by atoms with Gasteiger partial charge in [0.25, 0.3) is 5.91 Å². The molecule has 1 aromatic carbocycles. The maximum absolute atomic E-state index is 14.3. The maximum atomic E-state index is 14.3. The molecular weight excluding hydrogens is 313 g/mol. The Kier molecular flexibility index (Phi) is 3.91. The Labute approximate surface area is 138 Å². The van der Waals surface area contributed by atoms with E-state index in [0.29, 0.717) is 22.6 Å². The summed E-state index contributed by atoms with van der Waals surface area (Å²) in [7, 11) is 0. The molecule has 0 aliphatic carbocycles. The molecule has 0 saturated carbocycles. The standard InChI is InChI=1S/C18H18FNO4/c1-11-12(2)24-15(13-6-4-3-5-7-13)14(11)16(21)20-9-8-18(19,10-20)17(22)23/h3-7H,8-10H2,1-2H3,(H,22,23). The minimum atomic E-state index is -2.38. The lowest BCUT2D eigenvalue weighted by atomic mass is 10.0. The molecule has 0 spiro atoms. The first-order chi connectivity index (χ1) is 11.3. The minimum Gasteiger partial charge on any atom is -0.479 e. The summed E-state index contributed by atoms with van der Waals surface area (Å²) in [6, 6.07) is 9.19. The van der Waals surface area contributed by atoms with E-state index >= 15 is 0 Å². The molecule has 6 heteroatoms. The third kappa shape index (κ3) is 2.58. The number of carboxylic acids is 1. The number of halogens is 1. The molecule has 1 aliphatic rings. The summed E-state index contributed by atoms with van der Waals surface area (Å²) in [5, 5.41) is 9.00. The topological polar surface area (TPSA) is 70.8 Å². The van der Waals surface area contributed by atoms with E-state index in [1.807, 2.05) is 30.3 Å². The minimum absolute atomic E-state index is 0.0690. The molecule has 1 saturated heterocycles. The second-order valence-corrected chi connectivity index (χ2v) is 6.10. The lowest BCUT2D eigenvalue weighted by Crippen LogP contribution is -2.39. The number of hydrogen-bond acceptors (Lipinski definition) is 3. The van der Waals surface area contributed by atoms with Crippen molar-refractivity contribution < 1.29 is 23.5 Å². The van der Waals surface area contributed by atoms with Crippen LogP contribution in [0.1, 0.15) is 28.1 Å². The number of benzene rings is 1. The number of rotatable bonds is 3. The highest BCUT2D eigenvalue weighted by Gasteiger charge is 2.47. The van der Waals surface area contributed by atoms with Gasteiger partial charge < -0.3 is 14.4 Å². The molecule has 2 aromatic rings. The van der Waals surface area contributed by atoms with Gasteiger partial charge in [-0.2, -0.15) is 0 Å². The molecule has 3 rings (SSSR count). The molecule has 1 aliphatic heterocycles. The molecule has 1 atom stereocenters. The number of carbonyl (C=O) groups excluding carboxylic acids is 1. The van der Waals surface area contributed by atoms with Crippen molar-refractivity contribution in [3.05, 3.63) is 47.2 Å². The Hall–Kier alpha value is -2.63. The summed E-state index contributed by atoms with van der Waals surface area (Å²) in [6.45, 7) is 3.16. The predicted molar refractivity (Wildman–Crippen MR) is 85.6 cm³/mol. The Balaban J connectivity index is 1.98. The van der Waals surface area contributed by atoms with Crippen molar-refractivity contribution >= 4 is 11.9 Å². The monoisotopic (exact) mass is 331 g/mol. The van der Waals surface area contributed by atoms with Crippen LogP contribution in [0.15, 0.2) is 34.7 Å². The van der Waals surface area contributed by atoms with Gasteiger partial charge in [-0.3, -0.25) is 4.79 Å². The van der Waals surface area contributed by atoms with E-state index in [1.165, 1.54) is 4.90 Å². The number of aliphatic carboxylic acids is 1. The normalized spacial score (nSPS) is 20.4. The van der Waals surface area contributed by atoms with Crippen molar-refractivity contribution in [2.45, 2.75) is 25.9 Å². The summed E-state index contributed by atoms with van der Waals surface area (Å²) >= 11 is 0. The van der Waals surface area contributed by atoms with Crippen LogP contribution in [-0.4, -0.2) is 40.6 Å². The molecule has 1 aromatic heterocycles. The lowest BCUT2D eigenvalue weighted by molar-refractivity contribution is -0.149. The van der Waals surface area contributed by atoms with E-state index in [1.54, 1.807) is 13.8 Å². The Morgan fingerprint density at radius 3 is 2.50 bits per heavy atom. The van der Waals surface area contributed by atoms with Crippen molar-refractivity contribution in [1.82, 2.24) is 4.90 Å². The highest BCUT2D eigenvalue weighted by molar-refractivity contribution is 6.02. The average Bonchev–Trinajstić information content (AvgIpc) is 3.10. The molecular formula is C18H18FNO4. The second-order valence-electron chi connectivity index (χ2n) is 6.10. The number of nitrogens with zero attached hydrogens (tertiary/aromatic N) is 1. The molecule has 1 amide bonds. The van der Waals surface area contributed by atoms with Crippen LogP contribution in [0.5, 0.6) is 0 Å². The van der Waals surface area contributed by atoms with Crippen LogP contribution >= 0.6 is 0 Å². The van der Waals surface area contributed by atoms with Crippen LogP contribution in [-0.2, 0) is 4.79 Å². The molecule has 1 N–H and O–H groups in total. The van der Waals surface area contributed by atoms with Crippen molar-refractivity contribution in [2.75, 3.05) is 13.1 Å². The SMILES string of the molecule is Cc1oc(-c2ccccc2)c(C(=O)N2CCC(F)(C(=O)O)C2)c1C. The fourth-order valence-corrected chi connectivity index (χ4v) is 2.96. The summed E-state index contributed by atoms with van der Waals surface area (Å²) in [5.41, 5.74) is -0.574. The number of aryl methyl sites for hydroxylation is 1. The quantitative estimate of drug-likeness (QED) is 0.937. The first-order valence-electron chi connectivity index (χ1n) is 7.70. The highest BCUT2D eigenvalue weighted by Crippen LogP contribution is 2.34. The van der Waals surface area contributed by atoms with E-state index in [-0.39, 0.29) is 13.0 Å². The van der Waals surface area contributed by atoms with E-state index in [0.717, 1.165) is 5.56 Å². The molecule has 24 heavy (non-hydrogen) atoms. The van der Waals surface area contributed by atoms with Crippen molar-refractivity contribution in [1.29, 1.82) is 0 Å². The van der Waals surface area contributed by atoms with E-state index in [9.17, 15) is 14.0 Å². The van der Waals surface area contributed by atoms with Gasteiger partial charge in [0.1, 0.15) is 11.5 Å². The van der Waals surface area contributed by atoms with Gasteiger partial charge in [0.2, 0.25) is 5.67 Å². The van der Waals surface area contributed by atoms with Crippen LogP contribution in [0.3, 0.4) is 0 Å². The van der Waals surface area contributed by atoms with Gasteiger partial charge in [-0.1, -0.05) is 30.3 Å². The van der Waals surface area contributed by atoms with Crippen molar-refractivity contribution in [2.24, 2.45) is 0 Å². The fraction of sp³-hybridized carbons (Fsp3) is 0.333. The highest BCUT2D eigenvalue weighted by atomic mass is 19.1. The van der Waals surface area contributed by atoms with Crippen molar-refractivity contribution in [3.8, 4) is 11.3 Å². The molecule has 0 radical (unpaired) electrons. The number of hydrogen-bond donors (Lipinski definition) is 1. The van der Waals surface area contributed by atoms with Crippen LogP contribution in [0.25, 0.3) is 11.3 Å². The zero-order valence-corrected chi connectivity index (χ0v) is 13.5. The number of alkyl halides is 1. The largest absolute Gasteiger partial charge is 0.479 e. The van der Waals surface area contributed by atoms with Gasteiger partial charge in [0.15, 0.2) is 0 Å². The van der Waals surface area contributed by atoms with Crippen LogP contribution < -0.4 is 0 Å². The average molecular weight is 331 g/mol. The van der Waals surface area contributed by atoms with Crippen LogP contribution in [0.2, 0.25) is 0 Å². The van der Waals surface area contributed by atoms with Gasteiger partial charge >= 0.3 is 5.97 Å². The second kappa shape index (κ2) is 5.78. The van der Waals surface area contributed by atoms with Crippen LogP contribution in [0.4, 0.5) is 4.39 Å². The first-order valence-corrected chi connectivity index (χ1v) is 7.70. The Morgan fingerprint density at radius 2 is 1.92 bits per heavy atom. The van der Waals surface area contributed by atoms with Gasteiger partial charge in [-0.05, 0) is 13.8 Å². The van der Waals surface area contributed by atoms with E-state index < -0.39 is 24.1 Å². The van der Waals surface area contributed by atoms with Gasteiger partial charge in [-0.25, -0.2) is 9.18 Å². The van der Waals surface area contributed by atoms with E-state index in [4.69, 9.17) is 9.52 Å². The van der Waals surface area contributed by atoms with Gasteiger partial charge in [0.05, 0.1) is 12.1 Å². The third-order valence-corrected chi connectivity index (χ3v) is 4.53. The number of amides is 1. The van der Waals surface area contributed by atoms with E-state index in [2.05, 4.69) is 0 Å². The zero-order chi connectivity index (χ0) is 17.5. The molecule has 1 fully saturated rings. The zero-order valence-electron chi connectivity index (χ0n) is 13.5. The summed E-state index contributed by atoms with van der Waals surface area (Å²) in [6.07, 6.45) is -0.204. The number of likely N-dealkylation sites (tertiary alicyclic amines) is 1. The summed E-state index contributed by atoms with van der Waals surface area (Å²) < 4.78 is 20.0. The Morgan fingerprint density at radius 1 is 1.25 bits per heavy atom. The first kappa shape index (κ1) is 16.2. The molecule has 0 bridgehead atoms. The predicted octanol–water partition coefficient (Wildman–Crippen LogP) is 3.20. The van der Waals surface area contributed by atoms with Crippen molar-refractivity contribution in [3.63, 3.8) is 0 Å². The molecule has 5 nitrogen and oxygen atoms in total. The molecule has 126 valence electrons. The van der Waals surface area contributed by atoms with Gasteiger partial charge in [-0.15, -0.1) is 0 Å². The number of carboxylic acid groups (broad SMARTS) is 1. The number of furan rings is 1. The summed E-state index contributed by atoms with van der Waals surface area (Å²) in [5.74, 6) is -0.881. The fourth-order valence-electron chi connectivity index (χ4n) is 2.96. The maximum Gasteiger partial charge on any atom is 0.343 e. The summed E-state index contributed by atoms with van der Waals surface area (Å²) in [4.78, 5) is 25.2. The van der Waals surface area contributed by atoms with Gasteiger partial charge in [0, 0.05) is 24.1 Å². The molecule has 2 heterocycles. The molecule has 1 unspecified atom stereocenters. The van der Waals surface area contributed by atoms with Crippen LogP contribution in [0, 0.1) is 13.8 Å².